The second kappa shape index (κ2) is 5.84. The molecule has 1 saturated heterocycles. The Hall–Kier alpha value is -1.96. The first-order valence-corrected chi connectivity index (χ1v) is 9.37. The number of aromatic nitrogens is 2. The number of thioether (sulfide) groups is 1. The summed E-state index contributed by atoms with van der Waals surface area (Å²) in [5, 5.41) is 0. The predicted molar refractivity (Wildman–Crippen MR) is 105 cm³/mol. The molecule has 0 aliphatic carbocycles. The van der Waals surface area contributed by atoms with Gasteiger partial charge in [0.05, 0.1) is 22.0 Å². The molecule has 3 heterocycles. The Morgan fingerprint density at radius 1 is 1.21 bits per heavy atom. The van der Waals surface area contributed by atoms with Crippen molar-refractivity contribution in [1.82, 2.24) is 9.38 Å². The zero-order valence-electron chi connectivity index (χ0n) is 13.0. The number of thiazole rings is 1. The maximum atomic E-state index is 12.8. The summed E-state index contributed by atoms with van der Waals surface area (Å²) >= 11 is 8.38. The molecule has 0 N–H and O–H groups in total. The molecule has 1 aliphatic heterocycles. The molecule has 0 radical (unpaired) electrons. The van der Waals surface area contributed by atoms with Crippen molar-refractivity contribution < 1.29 is 4.79 Å². The van der Waals surface area contributed by atoms with E-state index in [1.807, 2.05) is 60.9 Å². The van der Waals surface area contributed by atoms with Crippen molar-refractivity contribution >= 4 is 62.3 Å². The first-order valence-electron chi connectivity index (χ1n) is 7.32. The van der Waals surface area contributed by atoms with Crippen molar-refractivity contribution in [1.29, 1.82) is 0 Å². The fourth-order valence-corrected chi connectivity index (χ4v) is 4.80. The number of hydrogen-bond donors (Lipinski definition) is 0. The van der Waals surface area contributed by atoms with Gasteiger partial charge in [0.25, 0.3) is 5.91 Å². The van der Waals surface area contributed by atoms with E-state index in [1.54, 1.807) is 16.2 Å². The first kappa shape index (κ1) is 15.6. The van der Waals surface area contributed by atoms with Gasteiger partial charge in [0.15, 0.2) is 9.28 Å². The summed E-state index contributed by atoms with van der Waals surface area (Å²) in [6.45, 7) is 4.01. The zero-order valence-corrected chi connectivity index (χ0v) is 15.5. The summed E-state index contributed by atoms with van der Waals surface area (Å²) in [5.74, 6) is -0.0856. The topological polar surface area (TPSA) is 37.6 Å². The Morgan fingerprint density at radius 2 is 1.96 bits per heavy atom. The Labute approximate surface area is 152 Å². The van der Waals surface area contributed by atoms with E-state index in [0.717, 1.165) is 22.0 Å². The zero-order chi connectivity index (χ0) is 16.8. The monoisotopic (exact) mass is 371 g/mol. The maximum Gasteiger partial charge on any atom is 0.270 e. The smallest absolute Gasteiger partial charge is 0.270 e. The summed E-state index contributed by atoms with van der Waals surface area (Å²) in [5.41, 5.74) is 2.64. The largest absolute Gasteiger partial charge is 0.290 e. The van der Waals surface area contributed by atoms with Crippen LogP contribution in [0.1, 0.15) is 16.3 Å². The highest BCUT2D eigenvalue weighted by atomic mass is 32.2. The molecule has 0 bridgehead atoms. The molecule has 24 heavy (non-hydrogen) atoms. The van der Waals surface area contributed by atoms with Crippen molar-refractivity contribution in [2.24, 2.45) is 0 Å². The van der Waals surface area contributed by atoms with Crippen LogP contribution in [0.2, 0.25) is 0 Å². The van der Waals surface area contributed by atoms with E-state index in [9.17, 15) is 4.79 Å². The van der Waals surface area contributed by atoms with Gasteiger partial charge in [0.1, 0.15) is 0 Å². The number of carbonyl (C=O) groups excluding carboxylic acids is 1. The van der Waals surface area contributed by atoms with Crippen LogP contribution in [0.4, 0.5) is 5.69 Å². The van der Waals surface area contributed by atoms with Crippen LogP contribution in [-0.4, -0.2) is 19.6 Å². The van der Waals surface area contributed by atoms with Crippen LogP contribution in [-0.2, 0) is 4.79 Å². The summed E-state index contributed by atoms with van der Waals surface area (Å²) in [7, 11) is 0. The first-order chi connectivity index (χ1) is 11.5. The van der Waals surface area contributed by atoms with Crippen molar-refractivity contribution in [3.05, 3.63) is 57.7 Å². The molecule has 4 rings (SSSR count). The molecule has 1 aromatic carbocycles. The summed E-state index contributed by atoms with van der Waals surface area (Å²) in [4.78, 5) is 21.7. The molecule has 7 heteroatoms. The SMILES string of the molecule is Cc1cn2c(/C=C3\SC(=S)N(c4ccccc4)C3=O)c(C)nc2s1. The minimum absolute atomic E-state index is 0.0856. The molecule has 4 nitrogen and oxygen atoms in total. The van der Waals surface area contributed by atoms with E-state index in [2.05, 4.69) is 4.98 Å². The van der Waals surface area contributed by atoms with E-state index >= 15 is 0 Å². The van der Waals surface area contributed by atoms with Gasteiger partial charge in [-0.05, 0) is 32.1 Å². The number of anilines is 1. The molecule has 0 unspecified atom stereocenters. The van der Waals surface area contributed by atoms with Gasteiger partial charge in [-0.3, -0.25) is 14.1 Å². The van der Waals surface area contributed by atoms with E-state index in [0.29, 0.717) is 9.23 Å². The Morgan fingerprint density at radius 3 is 2.71 bits per heavy atom. The molecular formula is C17H13N3OS3. The molecule has 3 aromatic rings. The van der Waals surface area contributed by atoms with Gasteiger partial charge < -0.3 is 0 Å². The number of thiocarbonyl (C=S) groups is 1. The summed E-state index contributed by atoms with van der Waals surface area (Å²) < 4.78 is 2.59. The number of aryl methyl sites for hydroxylation is 2. The lowest BCUT2D eigenvalue weighted by Crippen LogP contribution is -2.27. The van der Waals surface area contributed by atoms with Crippen molar-refractivity contribution in [2.75, 3.05) is 4.90 Å². The number of benzene rings is 1. The summed E-state index contributed by atoms with van der Waals surface area (Å²) in [6.07, 6.45) is 3.94. The highest BCUT2D eigenvalue weighted by molar-refractivity contribution is 8.27. The van der Waals surface area contributed by atoms with Gasteiger partial charge in [-0.1, -0.05) is 42.2 Å². The predicted octanol–water partition coefficient (Wildman–Crippen LogP) is 4.42. The molecule has 0 spiro atoms. The Balaban J connectivity index is 1.77. The van der Waals surface area contributed by atoms with Crippen molar-refractivity contribution in [2.45, 2.75) is 13.8 Å². The summed E-state index contributed by atoms with van der Waals surface area (Å²) in [6, 6.07) is 9.49. The third-order valence-corrected chi connectivity index (χ3v) is 5.94. The Bertz CT molecular complexity index is 1000. The number of rotatable bonds is 2. The quantitative estimate of drug-likeness (QED) is 0.494. The third kappa shape index (κ3) is 2.49. The third-order valence-electron chi connectivity index (χ3n) is 3.74. The van der Waals surface area contributed by atoms with E-state index in [-0.39, 0.29) is 5.91 Å². The van der Waals surface area contributed by atoms with Crippen LogP contribution >= 0.6 is 35.3 Å². The average molecular weight is 372 g/mol. The molecule has 2 aromatic heterocycles. The van der Waals surface area contributed by atoms with Crippen LogP contribution < -0.4 is 4.90 Å². The fraction of sp³-hybridized carbons (Fsp3) is 0.118. The molecule has 120 valence electrons. The molecule has 1 aliphatic rings. The van der Waals surface area contributed by atoms with Crippen LogP contribution in [0.5, 0.6) is 0 Å². The number of fused-ring (bicyclic) bond motifs is 1. The van der Waals surface area contributed by atoms with Gasteiger partial charge in [0, 0.05) is 11.1 Å². The van der Waals surface area contributed by atoms with E-state index in [1.165, 1.54) is 16.6 Å². The standard InChI is InChI=1S/C17H13N3OS3/c1-10-9-19-13(11(2)18-16(19)23-10)8-14-15(21)20(17(22)24-14)12-6-4-3-5-7-12/h3-9H,1-2H3/b14-8-. The molecule has 0 saturated carbocycles. The molecular weight excluding hydrogens is 358 g/mol. The molecule has 0 atom stereocenters. The normalized spacial score (nSPS) is 16.8. The van der Waals surface area contributed by atoms with E-state index in [4.69, 9.17) is 12.2 Å². The van der Waals surface area contributed by atoms with Crippen LogP contribution in [0.25, 0.3) is 11.0 Å². The molecule has 1 fully saturated rings. The highest BCUT2D eigenvalue weighted by Crippen LogP contribution is 2.36. The van der Waals surface area contributed by atoms with Crippen molar-refractivity contribution in [3.63, 3.8) is 0 Å². The van der Waals surface area contributed by atoms with Gasteiger partial charge in [-0.15, -0.1) is 11.3 Å². The number of para-hydroxylation sites is 1. The second-order valence-corrected chi connectivity index (χ2v) is 8.32. The second-order valence-electron chi connectivity index (χ2n) is 5.43. The lowest BCUT2D eigenvalue weighted by atomic mass is 10.2. The Kier molecular flexibility index (Phi) is 3.79. The number of hydrogen-bond acceptors (Lipinski definition) is 5. The van der Waals surface area contributed by atoms with Gasteiger partial charge in [-0.2, -0.15) is 0 Å². The van der Waals surface area contributed by atoms with Gasteiger partial charge in [0.2, 0.25) is 0 Å². The average Bonchev–Trinajstić information content (AvgIpc) is 3.13. The van der Waals surface area contributed by atoms with Gasteiger partial charge >= 0.3 is 0 Å². The molecule has 1 amide bonds. The number of carbonyl (C=O) groups is 1. The number of nitrogens with zero attached hydrogens (tertiary/aromatic N) is 3. The number of amides is 1. The van der Waals surface area contributed by atoms with Crippen LogP contribution in [0.15, 0.2) is 41.4 Å². The van der Waals surface area contributed by atoms with E-state index < -0.39 is 0 Å². The maximum absolute atomic E-state index is 12.8. The minimum atomic E-state index is -0.0856. The lowest BCUT2D eigenvalue weighted by Gasteiger charge is -2.13. The lowest BCUT2D eigenvalue weighted by molar-refractivity contribution is -0.113. The van der Waals surface area contributed by atoms with Crippen LogP contribution in [0, 0.1) is 13.8 Å². The highest BCUT2D eigenvalue weighted by Gasteiger charge is 2.33. The minimum Gasteiger partial charge on any atom is -0.290 e. The van der Waals surface area contributed by atoms with Crippen LogP contribution in [0.3, 0.4) is 0 Å². The van der Waals surface area contributed by atoms with Crippen molar-refractivity contribution in [3.8, 4) is 0 Å². The number of imidazole rings is 1. The van der Waals surface area contributed by atoms with Gasteiger partial charge in [-0.25, -0.2) is 4.98 Å². The fourth-order valence-electron chi connectivity index (χ4n) is 2.65.